The maximum atomic E-state index is 9.66. The molecule has 2 aromatic rings. The first-order chi connectivity index (χ1) is 16.2. The molecule has 8 heteroatoms. The Kier molecular flexibility index (Phi) is 22.7. The maximum Gasteiger partial charge on any atom is 0.181 e. The molecule has 0 saturated heterocycles. The van der Waals surface area contributed by atoms with Crippen LogP contribution in [0.2, 0.25) is 0 Å². The van der Waals surface area contributed by atoms with E-state index in [0.717, 1.165) is 16.0 Å². The minimum Gasteiger partial charge on any atom is -0.471 e. The van der Waals surface area contributed by atoms with Crippen LogP contribution in [0.15, 0.2) is 75.5 Å². The molecule has 37 heavy (non-hydrogen) atoms. The molecule has 1 aliphatic rings. The average molecular weight is 555 g/mol. The number of aliphatic imine (C=N–C) groups is 1. The largest absolute Gasteiger partial charge is 0.471 e. The summed E-state index contributed by atoms with van der Waals surface area (Å²) in [5.41, 5.74) is 8.49. The number of allylic oxidation sites excluding steroid dienone is 1. The van der Waals surface area contributed by atoms with Crippen LogP contribution in [0.3, 0.4) is 0 Å². The Labute approximate surface area is 234 Å². The monoisotopic (exact) mass is 554 g/mol. The van der Waals surface area contributed by atoms with Gasteiger partial charge in [0.2, 0.25) is 0 Å². The second-order valence-electron chi connectivity index (χ2n) is 7.98. The van der Waals surface area contributed by atoms with E-state index in [1.54, 1.807) is 23.5 Å². The highest BCUT2D eigenvalue weighted by atomic mass is 32.2. The van der Waals surface area contributed by atoms with Gasteiger partial charge in [-0.3, -0.25) is 0 Å². The molecule has 0 saturated carbocycles. The number of aliphatic hydroxyl groups is 3. The van der Waals surface area contributed by atoms with E-state index in [1.165, 1.54) is 10.5 Å². The first-order valence-electron chi connectivity index (χ1n) is 10.9. The van der Waals surface area contributed by atoms with Crippen molar-refractivity contribution in [1.82, 2.24) is 0 Å². The molecule has 0 aliphatic carbocycles. The molecule has 0 amide bonds. The molecule has 5 N–H and O–H groups in total. The van der Waals surface area contributed by atoms with Crippen LogP contribution in [-0.2, 0) is 4.74 Å². The number of thioether (sulfide) groups is 2. The lowest BCUT2D eigenvalue weighted by Gasteiger charge is -2.16. The fraction of sp³-hybridized carbons (Fsp3) is 0.483. The first-order valence-corrected chi connectivity index (χ1v) is 13.4. The Morgan fingerprint density at radius 3 is 1.78 bits per heavy atom. The number of ether oxygens (including phenoxy) is 1. The minimum absolute atomic E-state index is 0. The summed E-state index contributed by atoms with van der Waals surface area (Å²) in [6.45, 7) is 9.12. The summed E-state index contributed by atoms with van der Waals surface area (Å²) >= 11 is 3.35. The zero-order valence-electron chi connectivity index (χ0n) is 20.6. The van der Waals surface area contributed by atoms with Gasteiger partial charge in [-0.05, 0) is 61.8 Å². The van der Waals surface area contributed by atoms with Gasteiger partial charge < -0.3 is 25.8 Å². The third-order valence-electron chi connectivity index (χ3n) is 4.70. The van der Waals surface area contributed by atoms with Crippen LogP contribution in [0.1, 0.15) is 66.4 Å². The van der Waals surface area contributed by atoms with Crippen LogP contribution in [-0.4, -0.2) is 59.0 Å². The number of nitrogens with two attached hydrogens (primary N) is 1. The standard InChI is InChI=1S/C12H15NO2S.C10H15NO2S.C4H8.3CH4/c1-8-13-11(7-14)12(15-8)9-3-5-10(16-2)6-4-9;1-14-8-4-2-7(3-5-8)10(13)9(11)6-12;1-4(2)3;;;/h3-6,11-12,14H,7H2,1-2H3;2-5,9-10,12-13H,6,11H2,1H3;1H2,2-3H3;3*1H4/t11-,12-;9-,10-;;;;/m00..../s1. The summed E-state index contributed by atoms with van der Waals surface area (Å²) in [6, 6.07) is 14.9. The van der Waals surface area contributed by atoms with Crippen LogP contribution >= 0.6 is 23.5 Å². The Hall–Kier alpha value is -1.81. The molecule has 0 unspecified atom stereocenters. The fourth-order valence-electron chi connectivity index (χ4n) is 2.96. The van der Waals surface area contributed by atoms with Crippen molar-refractivity contribution in [2.24, 2.45) is 10.7 Å². The van der Waals surface area contributed by atoms with Crippen molar-refractivity contribution in [2.75, 3.05) is 25.7 Å². The number of nitrogens with zero attached hydrogens (tertiary/aromatic N) is 1. The van der Waals surface area contributed by atoms with Crippen LogP contribution in [0, 0.1) is 0 Å². The predicted molar refractivity (Wildman–Crippen MR) is 165 cm³/mol. The predicted octanol–water partition coefficient (Wildman–Crippen LogP) is 6.51. The summed E-state index contributed by atoms with van der Waals surface area (Å²) < 4.78 is 5.61. The van der Waals surface area contributed by atoms with Crippen molar-refractivity contribution in [1.29, 1.82) is 0 Å². The summed E-state index contributed by atoms with van der Waals surface area (Å²) in [7, 11) is 0. The zero-order valence-corrected chi connectivity index (χ0v) is 22.3. The highest BCUT2D eigenvalue weighted by Gasteiger charge is 2.29. The molecule has 6 nitrogen and oxygen atoms in total. The summed E-state index contributed by atoms with van der Waals surface area (Å²) in [5, 5.41) is 27.7. The Bertz CT molecular complexity index is 886. The molecule has 1 heterocycles. The Morgan fingerprint density at radius 1 is 0.973 bits per heavy atom. The molecule has 2 aromatic carbocycles. The van der Waals surface area contributed by atoms with E-state index in [0.29, 0.717) is 5.90 Å². The topological polar surface area (TPSA) is 108 Å². The Morgan fingerprint density at radius 2 is 1.41 bits per heavy atom. The number of rotatable bonds is 7. The van der Waals surface area contributed by atoms with Crippen molar-refractivity contribution in [2.45, 2.75) is 77.1 Å². The maximum absolute atomic E-state index is 9.66. The molecule has 212 valence electrons. The molecule has 0 radical (unpaired) electrons. The van der Waals surface area contributed by atoms with Gasteiger partial charge in [0.25, 0.3) is 0 Å². The normalized spacial score (nSPS) is 16.8. The highest BCUT2D eigenvalue weighted by Crippen LogP contribution is 2.30. The third-order valence-corrected chi connectivity index (χ3v) is 6.19. The summed E-state index contributed by atoms with van der Waals surface area (Å²) in [5.74, 6) is 0.651. The van der Waals surface area contributed by atoms with Crippen molar-refractivity contribution < 1.29 is 20.1 Å². The quantitative estimate of drug-likeness (QED) is 0.228. The number of benzene rings is 2. The molecular weight excluding hydrogens is 504 g/mol. The van der Waals surface area contributed by atoms with Crippen LogP contribution < -0.4 is 5.73 Å². The number of hydrogen-bond acceptors (Lipinski definition) is 8. The van der Waals surface area contributed by atoms with Gasteiger partial charge >= 0.3 is 0 Å². The van der Waals surface area contributed by atoms with Gasteiger partial charge in [0.1, 0.15) is 12.1 Å². The molecule has 0 spiro atoms. The first kappa shape index (κ1) is 39.7. The lowest BCUT2D eigenvalue weighted by molar-refractivity contribution is 0.109. The van der Waals surface area contributed by atoms with Gasteiger partial charge in [-0.1, -0.05) is 52.1 Å². The smallest absolute Gasteiger partial charge is 0.181 e. The van der Waals surface area contributed by atoms with Gasteiger partial charge in [0.05, 0.1) is 25.4 Å². The van der Waals surface area contributed by atoms with Gasteiger partial charge in [0, 0.05) is 16.7 Å². The van der Waals surface area contributed by atoms with Gasteiger partial charge in [-0.2, -0.15) is 0 Å². The van der Waals surface area contributed by atoms with E-state index in [4.69, 9.17) is 15.6 Å². The van der Waals surface area contributed by atoms with Crippen molar-refractivity contribution >= 4 is 29.4 Å². The van der Waals surface area contributed by atoms with Gasteiger partial charge in [0.15, 0.2) is 5.90 Å². The van der Waals surface area contributed by atoms with Gasteiger partial charge in [-0.25, -0.2) is 4.99 Å². The van der Waals surface area contributed by atoms with Crippen molar-refractivity contribution in [3.63, 3.8) is 0 Å². The molecule has 4 atom stereocenters. The zero-order chi connectivity index (χ0) is 25.7. The van der Waals surface area contributed by atoms with E-state index in [9.17, 15) is 10.2 Å². The molecule has 1 aliphatic heterocycles. The lowest BCUT2D eigenvalue weighted by atomic mass is 10.0. The fourth-order valence-corrected chi connectivity index (χ4v) is 3.78. The Balaban J connectivity index is -0.000000513. The number of hydrogen-bond donors (Lipinski definition) is 4. The minimum atomic E-state index is -0.795. The van der Waals surface area contributed by atoms with Crippen molar-refractivity contribution in [3.05, 3.63) is 71.8 Å². The molecular formula is C29H50N2O4S2. The average Bonchev–Trinajstić information content (AvgIpc) is 3.24. The molecule has 0 bridgehead atoms. The molecule has 0 aromatic heterocycles. The molecule has 0 fully saturated rings. The van der Waals surface area contributed by atoms with Crippen LogP contribution in [0.5, 0.6) is 0 Å². The second kappa shape index (κ2) is 21.2. The summed E-state index contributed by atoms with van der Waals surface area (Å²) in [4.78, 5) is 6.61. The summed E-state index contributed by atoms with van der Waals surface area (Å²) in [6.07, 6.45) is 3.10. The van der Waals surface area contributed by atoms with Gasteiger partial charge in [-0.15, -0.1) is 30.1 Å². The third kappa shape index (κ3) is 14.1. The van der Waals surface area contributed by atoms with E-state index in [1.807, 2.05) is 69.7 Å². The van der Waals surface area contributed by atoms with Crippen molar-refractivity contribution in [3.8, 4) is 0 Å². The van der Waals surface area contributed by atoms with E-state index >= 15 is 0 Å². The second-order valence-corrected chi connectivity index (χ2v) is 9.74. The van der Waals surface area contributed by atoms with Crippen LogP contribution in [0.4, 0.5) is 0 Å². The lowest BCUT2D eigenvalue weighted by Crippen LogP contribution is -2.31. The number of aliphatic hydroxyl groups excluding tert-OH is 3. The van der Waals surface area contributed by atoms with E-state index in [2.05, 4.69) is 23.7 Å². The SMILES string of the molecule is C.C.C.C=C(C)C.CSc1ccc([C@@H]2OC(C)=N[C@H]2CO)cc1.CSc1ccc([C@H](O)[C@@H](N)CO)cc1. The van der Waals surface area contributed by atoms with E-state index in [-0.39, 0.29) is 47.6 Å². The highest BCUT2D eigenvalue weighted by molar-refractivity contribution is 7.98. The van der Waals surface area contributed by atoms with E-state index < -0.39 is 12.1 Å². The molecule has 3 rings (SSSR count). The van der Waals surface area contributed by atoms with Crippen LogP contribution in [0.25, 0.3) is 0 Å².